The van der Waals surface area contributed by atoms with E-state index in [-0.39, 0.29) is 7.92 Å². The molecule has 0 aromatic heterocycles. The number of hydrogen-bond donors (Lipinski definition) is 0. The lowest BCUT2D eigenvalue weighted by atomic mass is 10.0. The average Bonchev–Trinajstić information content (AvgIpc) is 2.39. The molecular formula is C15H21P. The lowest BCUT2D eigenvalue weighted by Crippen LogP contribution is -2.16. The van der Waals surface area contributed by atoms with Gasteiger partial charge in [0.25, 0.3) is 0 Å². The summed E-state index contributed by atoms with van der Waals surface area (Å²) in [6.45, 7) is 6.25. The Morgan fingerprint density at radius 3 is 2.31 bits per heavy atom. The molecule has 0 nitrogen and oxygen atoms in total. The molecule has 1 saturated carbocycles. The molecule has 0 N–H and O–H groups in total. The van der Waals surface area contributed by atoms with Gasteiger partial charge in [-0.25, -0.2) is 0 Å². The first-order chi connectivity index (χ1) is 7.81. The highest BCUT2D eigenvalue weighted by atomic mass is 31.1. The summed E-state index contributed by atoms with van der Waals surface area (Å²) in [5, 5.41) is 1.56. The summed E-state index contributed by atoms with van der Waals surface area (Å²) >= 11 is 0. The van der Waals surface area contributed by atoms with Crippen LogP contribution in [0, 0.1) is 0 Å². The molecule has 1 aliphatic rings. The first-order valence-electron chi connectivity index (χ1n) is 6.26. The molecule has 1 fully saturated rings. The molecule has 0 radical (unpaired) electrons. The van der Waals surface area contributed by atoms with Crippen molar-refractivity contribution in [1.82, 2.24) is 0 Å². The van der Waals surface area contributed by atoms with Crippen LogP contribution in [0.1, 0.15) is 37.7 Å². The van der Waals surface area contributed by atoms with E-state index in [4.69, 9.17) is 0 Å². The minimum absolute atomic E-state index is 0.0545. The highest BCUT2D eigenvalue weighted by Crippen LogP contribution is 2.43. The third-order valence-electron chi connectivity index (χ3n) is 3.66. The Morgan fingerprint density at radius 1 is 1.12 bits per heavy atom. The molecule has 1 aromatic rings. The molecule has 1 aromatic carbocycles. The fourth-order valence-electron chi connectivity index (χ4n) is 2.52. The molecule has 0 saturated heterocycles. The number of benzene rings is 1. The van der Waals surface area contributed by atoms with Crippen LogP contribution in [-0.4, -0.2) is 12.3 Å². The molecule has 2 rings (SSSR count). The van der Waals surface area contributed by atoms with Gasteiger partial charge in [0.2, 0.25) is 0 Å². The second-order valence-corrected chi connectivity index (χ2v) is 7.17. The van der Waals surface area contributed by atoms with E-state index >= 15 is 0 Å². The van der Waals surface area contributed by atoms with E-state index in [1.165, 1.54) is 37.7 Å². The largest absolute Gasteiger partial charge is 0.0985 e. The Bertz CT molecular complexity index is 333. The zero-order valence-electron chi connectivity index (χ0n) is 10.2. The van der Waals surface area contributed by atoms with Crippen LogP contribution in [0.2, 0.25) is 0 Å². The molecule has 16 heavy (non-hydrogen) atoms. The van der Waals surface area contributed by atoms with Gasteiger partial charge in [-0.1, -0.05) is 64.1 Å². The van der Waals surface area contributed by atoms with E-state index < -0.39 is 0 Å². The Morgan fingerprint density at radius 2 is 1.75 bits per heavy atom. The van der Waals surface area contributed by atoms with Gasteiger partial charge < -0.3 is 0 Å². The predicted molar refractivity (Wildman–Crippen MR) is 75.9 cm³/mol. The Kier molecular flexibility index (Phi) is 4.18. The first-order valence-corrected chi connectivity index (χ1v) is 8.12. The first kappa shape index (κ1) is 11.9. The van der Waals surface area contributed by atoms with Crippen LogP contribution in [0.15, 0.2) is 30.8 Å². The van der Waals surface area contributed by atoms with Crippen molar-refractivity contribution in [2.75, 3.05) is 6.66 Å². The van der Waals surface area contributed by atoms with Crippen LogP contribution < -0.4 is 5.30 Å². The average molecular weight is 232 g/mol. The normalized spacial score (nSPS) is 19.3. The summed E-state index contributed by atoms with van der Waals surface area (Å²) in [4.78, 5) is 0. The molecule has 0 amide bonds. The standard InChI is InChI=1S/C15H21P/c1-3-13-9-11-15(12-10-13)16(2)14-7-5-4-6-8-14/h3,9-12,14H,1,4-8H2,2H3. The number of rotatable bonds is 3. The summed E-state index contributed by atoms with van der Waals surface area (Å²) in [5.74, 6) is 0. The summed E-state index contributed by atoms with van der Waals surface area (Å²) < 4.78 is 0. The van der Waals surface area contributed by atoms with Crippen LogP contribution in [0.25, 0.3) is 6.08 Å². The predicted octanol–water partition coefficient (Wildman–Crippen LogP) is 4.40. The second-order valence-electron chi connectivity index (χ2n) is 4.70. The quantitative estimate of drug-likeness (QED) is 0.678. The Hall–Kier alpha value is -0.610. The van der Waals surface area contributed by atoms with Crippen molar-refractivity contribution in [2.24, 2.45) is 0 Å². The van der Waals surface area contributed by atoms with Crippen LogP contribution in [0.5, 0.6) is 0 Å². The zero-order chi connectivity index (χ0) is 11.4. The van der Waals surface area contributed by atoms with Gasteiger partial charge >= 0.3 is 0 Å². The van der Waals surface area contributed by atoms with Gasteiger partial charge in [0.05, 0.1) is 0 Å². The number of hydrogen-bond acceptors (Lipinski definition) is 0. The van der Waals surface area contributed by atoms with Crippen molar-refractivity contribution in [2.45, 2.75) is 37.8 Å². The molecule has 0 bridgehead atoms. The SMILES string of the molecule is C=Cc1ccc(P(C)C2CCCCC2)cc1. The maximum atomic E-state index is 3.80. The van der Waals surface area contributed by atoms with Crippen molar-refractivity contribution in [1.29, 1.82) is 0 Å². The van der Waals surface area contributed by atoms with Crippen LogP contribution in [0.3, 0.4) is 0 Å². The summed E-state index contributed by atoms with van der Waals surface area (Å²) in [6.07, 6.45) is 9.17. The summed E-state index contributed by atoms with van der Waals surface area (Å²) in [5.41, 5.74) is 2.20. The highest BCUT2D eigenvalue weighted by Gasteiger charge is 2.20. The lowest BCUT2D eigenvalue weighted by molar-refractivity contribution is 0.512. The van der Waals surface area contributed by atoms with E-state index in [2.05, 4.69) is 37.5 Å². The van der Waals surface area contributed by atoms with Gasteiger partial charge in [0.1, 0.15) is 0 Å². The fourth-order valence-corrected chi connectivity index (χ4v) is 4.71. The van der Waals surface area contributed by atoms with Crippen molar-refractivity contribution >= 4 is 19.3 Å². The topological polar surface area (TPSA) is 0 Å². The lowest BCUT2D eigenvalue weighted by Gasteiger charge is -2.28. The van der Waals surface area contributed by atoms with Gasteiger partial charge in [-0.2, -0.15) is 0 Å². The highest BCUT2D eigenvalue weighted by molar-refractivity contribution is 7.65. The van der Waals surface area contributed by atoms with Gasteiger partial charge in [-0.3, -0.25) is 0 Å². The fraction of sp³-hybridized carbons (Fsp3) is 0.467. The maximum Gasteiger partial charge on any atom is -0.0171 e. The Balaban J connectivity index is 2.06. The van der Waals surface area contributed by atoms with E-state index in [0.717, 1.165) is 5.66 Å². The van der Waals surface area contributed by atoms with Gasteiger partial charge in [0.15, 0.2) is 0 Å². The van der Waals surface area contributed by atoms with Crippen molar-refractivity contribution in [3.05, 3.63) is 36.4 Å². The third kappa shape index (κ3) is 2.74. The van der Waals surface area contributed by atoms with Gasteiger partial charge in [-0.15, -0.1) is 0 Å². The van der Waals surface area contributed by atoms with Crippen LogP contribution in [0.4, 0.5) is 0 Å². The van der Waals surface area contributed by atoms with E-state index in [9.17, 15) is 0 Å². The smallest absolute Gasteiger partial charge is 0.0171 e. The minimum atomic E-state index is 0.0545. The van der Waals surface area contributed by atoms with Crippen LogP contribution in [-0.2, 0) is 0 Å². The van der Waals surface area contributed by atoms with E-state index in [1.54, 1.807) is 5.30 Å². The van der Waals surface area contributed by atoms with E-state index in [1.807, 2.05) is 6.08 Å². The molecule has 86 valence electrons. The molecule has 1 heteroatoms. The van der Waals surface area contributed by atoms with Crippen molar-refractivity contribution < 1.29 is 0 Å². The van der Waals surface area contributed by atoms with Crippen molar-refractivity contribution in [3.8, 4) is 0 Å². The van der Waals surface area contributed by atoms with Crippen molar-refractivity contribution in [3.63, 3.8) is 0 Å². The molecule has 1 unspecified atom stereocenters. The maximum absolute atomic E-state index is 3.80. The molecule has 0 spiro atoms. The molecule has 0 heterocycles. The molecular weight excluding hydrogens is 211 g/mol. The molecule has 1 atom stereocenters. The minimum Gasteiger partial charge on any atom is -0.0985 e. The molecule has 0 aliphatic heterocycles. The zero-order valence-corrected chi connectivity index (χ0v) is 11.0. The Labute approximate surface area is 101 Å². The molecule has 1 aliphatic carbocycles. The van der Waals surface area contributed by atoms with Gasteiger partial charge in [-0.05, 0) is 36.0 Å². The van der Waals surface area contributed by atoms with E-state index in [0.29, 0.717) is 0 Å². The summed E-state index contributed by atoms with van der Waals surface area (Å²) in [6, 6.07) is 9.00. The summed E-state index contributed by atoms with van der Waals surface area (Å²) in [7, 11) is 0.0545. The third-order valence-corrected chi connectivity index (χ3v) is 6.38. The second kappa shape index (κ2) is 5.64. The van der Waals surface area contributed by atoms with Crippen LogP contribution >= 0.6 is 7.92 Å². The van der Waals surface area contributed by atoms with Gasteiger partial charge in [0, 0.05) is 0 Å². The monoisotopic (exact) mass is 232 g/mol.